The third-order valence-electron chi connectivity index (χ3n) is 5.47. The predicted octanol–water partition coefficient (Wildman–Crippen LogP) is 5.08. The van der Waals surface area contributed by atoms with E-state index in [1.807, 2.05) is 39.0 Å². The zero-order valence-corrected chi connectivity index (χ0v) is 19.4. The zero-order chi connectivity index (χ0) is 23.7. The van der Waals surface area contributed by atoms with Crippen LogP contribution in [0, 0.1) is 27.7 Å². The normalized spacial score (nSPS) is 10.9. The van der Waals surface area contributed by atoms with E-state index >= 15 is 0 Å². The number of nitrogens with one attached hydrogen (secondary N) is 1. The van der Waals surface area contributed by atoms with Crippen molar-refractivity contribution < 1.29 is 14.3 Å². The molecule has 0 spiro atoms. The van der Waals surface area contributed by atoms with Crippen molar-refractivity contribution in [3.63, 3.8) is 0 Å². The molecule has 0 radical (unpaired) electrons. The molecule has 0 saturated heterocycles. The van der Waals surface area contributed by atoms with Crippen LogP contribution in [-0.2, 0) is 4.74 Å². The van der Waals surface area contributed by atoms with Crippen LogP contribution in [-0.4, -0.2) is 33.2 Å². The molecule has 2 aromatic carbocycles. The Kier molecular flexibility index (Phi) is 5.96. The van der Waals surface area contributed by atoms with Crippen LogP contribution in [0.3, 0.4) is 0 Å². The molecule has 4 rings (SSSR count). The van der Waals surface area contributed by atoms with Crippen molar-refractivity contribution in [3.05, 3.63) is 82.0 Å². The van der Waals surface area contributed by atoms with Gasteiger partial charge in [-0.25, -0.2) is 9.78 Å². The topological polar surface area (TPSA) is 86.1 Å². The highest BCUT2D eigenvalue weighted by Gasteiger charge is 2.23. The summed E-state index contributed by atoms with van der Waals surface area (Å²) in [5, 5.41) is 8.28. The van der Waals surface area contributed by atoms with Crippen LogP contribution >= 0.6 is 0 Å². The Labute approximate surface area is 192 Å². The lowest BCUT2D eigenvalue weighted by Crippen LogP contribution is -2.18. The minimum atomic E-state index is -0.563. The lowest BCUT2D eigenvalue weighted by molar-refractivity contribution is 0.0527. The van der Waals surface area contributed by atoms with E-state index in [1.165, 1.54) is 10.9 Å². The van der Waals surface area contributed by atoms with Gasteiger partial charge in [0.15, 0.2) is 11.6 Å². The minimum Gasteiger partial charge on any atom is -0.462 e. The molecule has 7 nitrogen and oxygen atoms in total. The van der Waals surface area contributed by atoms with Gasteiger partial charge in [0.2, 0.25) is 0 Å². The highest BCUT2D eigenvalue weighted by atomic mass is 16.5. The van der Waals surface area contributed by atoms with E-state index in [0.29, 0.717) is 11.4 Å². The molecule has 1 amide bonds. The molecule has 0 fully saturated rings. The number of hydrogen-bond donors (Lipinski definition) is 1. The molecular formula is C26H26N4O3. The van der Waals surface area contributed by atoms with Crippen LogP contribution in [0.5, 0.6) is 0 Å². The first-order chi connectivity index (χ1) is 15.8. The molecule has 0 saturated carbocycles. The van der Waals surface area contributed by atoms with Gasteiger partial charge >= 0.3 is 5.97 Å². The summed E-state index contributed by atoms with van der Waals surface area (Å²) in [6, 6.07) is 13.3. The van der Waals surface area contributed by atoms with Crippen LogP contribution in [0.15, 0.2) is 48.7 Å². The number of anilines is 1. The van der Waals surface area contributed by atoms with Crippen molar-refractivity contribution in [2.75, 3.05) is 11.9 Å². The van der Waals surface area contributed by atoms with Gasteiger partial charge in [-0.05, 0) is 70.0 Å². The van der Waals surface area contributed by atoms with Crippen molar-refractivity contribution in [1.82, 2.24) is 14.8 Å². The average Bonchev–Trinajstić information content (AvgIpc) is 3.18. The number of amides is 1. The summed E-state index contributed by atoms with van der Waals surface area (Å²) in [7, 11) is 0. The number of esters is 1. The monoisotopic (exact) mass is 442 g/mol. The molecule has 0 aliphatic rings. The molecule has 168 valence electrons. The number of aryl methyl sites for hydroxylation is 4. The number of ether oxygens (including phenoxy) is 1. The molecule has 0 unspecified atom stereocenters. The second-order valence-corrected chi connectivity index (χ2v) is 8.13. The Morgan fingerprint density at radius 2 is 1.70 bits per heavy atom. The fourth-order valence-corrected chi connectivity index (χ4v) is 3.82. The minimum absolute atomic E-state index is 0.164. The summed E-state index contributed by atoms with van der Waals surface area (Å²) in [5.74, 6) is -0.198. The number of pyridine rings is 1. The van der Waals surface area contributed by atoms with Crippen LogP contribution < -0.4 is 5.32 Å². The SMILES string of the molecule is CCOC(=O)c1cnn(-c2cc(C)c3cc(C)cc(C)c3n2)c1NC(=O)c1ccc(C)cc1. The Bertz CT molecular complexity index is 1370. The molecule has 0 aliphatic carbocycles. The summed E-state index contributed by atoms with van der Waals surface area (Å²) >= 11 is 0. The maximum absolute atomic E-state index is 13.0. The first-order valence-electron chi connectivity index (χ1n) is 10.8. The van der Waals surface area contributed by atoms with Gasteiger partial charge < -0.3 is 10.1 Å². The van der Waals surface area contributed by atoms with E-state index in [0.717, 1.165) is 33.2 Å². The summed E-state index contributed by atoms with van der Waals surface area (Å²) in [5.41, 5.74) is 5.75. The van der Waals surface area contributed by atoms with Gasteiger partial charge in [-0.1, -0.05) is 29.3 Å². The number of carbonyl (C=O) groups excluding carboxylic acids is 2. The van der Waals surface area contributed by atoms with Gasteiger partial charge in [0, 0.05) is 10.9 Å². The molecule has 0 atom stereocenters. The number of benzene rings is 2. The molecule has 4 aromatic rings. The van der Waals surface area contributed by atoms with Gasteiger partial charge in [-0.15, -0.1) is 0 Å². The largest absolute Gasteiger partial charge is 0.462 e. The molecule has 1 N–H and O–H groups in total. The second-order valence-electron chi connectivity index (χ2n) is 8.13. The standard InChI is InChI=1S/C26H26N4O3/c1-6-33-26(32)21-14-27-30(24(21)29-25(31)19-9-7-15(2)8-10-19)22-13-17(4)20-12-16(3)11-18(5)23(20)28-22/h7-14H,6H2,1-5H3,(H,29,31). The fraction of sp³-hybridized carbons (Fsp3) is 0.231. The van der Waals surface area contributed by atoms with Crippen LogP contribution in [0.2, 0.25) is 0 Å². The van der Waals surface area contributed by atoms with Crippen LogP contribution in [0.25, 0.3) is 16.7 Å². The number of hydrogen-bond acceptors (Lipinski definition) is 5. The Morgan fingerprint density at radius 3 is 2.39 bits per heavy atom. The van der Waals surface area contributed by atoms with Gasteiger partial charge in [0.1, 0.15) is 5.56 Å². The van der Waals surface area contributed by atoms with Gasteiger partial charge in [0.05, 0.1) is 18.3 Å². The molecule has 33 heavy (non-hydrogen) atoms. The van der Waals surface area contributed by atoms with E-state index in [1.54, 1.807) is 19.1 Å². The second kappa shape index (κ2) is 8.86. The van der Waals surface area contributed by atoms with Crippen molar-refractivity contribution >= 4 is 28.6 Å². The number of nitrogens with zero attached hydrogens (tertiary/aromatic N) is 3. The maximum Gasteiger partial charge on any atom is 0.343 e. The lowest BCUT2D eigenvalue weighted by Gasteiger charge is -2.13. The van der Waals surface area contributed by atoms with Crippen LogP contribution in [0.4, 0.5) is 5.82 Å². The number of carbonyl (C=O) groups is 2. The van der Waals surface area contributed by atoms with Gasteiger partial charge in [0.25, 0.3) is 5.91 Å². The van der Waals surface area contributed by atoms with E-state index in [-0.39, 0.29) is 23.9 Å². The number of rotatable bonds is 5. The molecule has 2 heterocycles. The number of aromatic nitrogens is 3. The summed E-state index contributed by atoms with van der Waals surface area (Å²) in [4.78, 5) is 30.4. The number of fused-ring (bicyclic) bond motifs is 1. The van der Waals surface area contributed by atoms with Crippen molar-refractivity contribution in [3.8, 4) is 5.82 Å². The lowest BCUT2D eigenvalue weighted by atomic mass is 10.0. The predicted molar refractivity (Wildman–Crippen MR) is 128 cm³/mol. The third kappa shape index (κ3) is 4.35. The maximum atomic E-state index is 13.0. The van der Waals surface area contributed by atoms with Crippen molar-refractivity contribution in [1.29, 1.82) is 0 Å². The highest BCUT2D eigenvalue weighted by molar-refractivity contribution is 6.07. The molecule has 0 aliphatic heterocycles. The first kappa shape index (κ1) is 22.2. The van der Waals surface area contributed by atoms with E-state index in [9.17, 15) is 9.59 Å². The first-order valence-corrected chi connectivity index (χ1v) is 10.8. The summed E-state index contributed by atoms with van der Waals surface area (Å²) in [6.07, 6.45) is 1.39. The Hall–Kier alpha value is -4.00. The Balaban J connectivity index is 1.84. The van der Waals surface area contributed by atoms with Crippen molar-refractivity contribution in [2.24, 2.45) is 0 Å². The third-order valence-corrected chi connectivity index (χ3v) is 5.47. The van der Waals surface area contributed by atoms with E-state index in [4.69, 9.17) is 9.72 Å². The highest BCUT2D eigenvalue weighted by Crippen LogP contribution is 2.27. The molecule has 7 heteroatoms. The zero-order valence-electron chi connectivity index (χ0n) is 19.4. The molecule has 2 aromatic heterocycles. The Morgan fingerprint density at radius 1 is 0.970 bits per heavy atom. The average molecular weight is 443 g/mol. The summed E-state index contributed by atoms with van der Waals surface area (Å²) in [6.45, 7) is 9.96. The van der Waals surface area contributed by atoms with E-state index in [2.05, 4.69) is 29.5 Å². The summed E-state index contributed by atoms with van der Waals surface area (Å²) < 4.78 is 6.66. The smallest absolute Gasteiger partial charge is 0.343 e. The van der Waals surface area contributed by atoms with Gasteiger partial charge in [-0.2, -0.15) is 9.78 Å². The van der Waals surface area contributed by atoms with E-state index < -0.39 is 5.97 Å². The van der Waals surface area contributed by atoms with Crippen LogP contribution in [0.1, 0.15) is 49.9 Å². The van der Waals surface area contributed by atoms with Gasteiger partial charge in [-0.3, -0.25) is 4.79 Å². The van der Waals surface area contributed by atoms with Crippen molar-refractivity contribution in [2.45, 2.75) is 34.6 Å². The fourth-order valence-electron chi connectivity index (χ4n) is 3.82. The molecule has 0 bridgehead atoms. The molecular weight excluding hydrogens is 416 g/mol. The quantitative estimate of drug-likeness (QED) is 0.436.